The zero-order valence-corrected chi connectivity index (χ0v) is 11.2. The lowest BCUT2D eigenvalue weighted by molar-refractivity contribution is 1.24. The quantitative estimate of drug-likeness (QED) is 0.544. The molecule has 2 heteroatoms. The van der Waals surface area contributed by atoms with Crippen molar-refractivity contribution in [3.8, 4) is 0 Å². The summed E-state index contributed by atoms with van der Waals surface area (Å²) in [5.41, 5.74) is 7.50. The molecule has 0 fully saturated rings. The number of hydrogen-bond acceptors (Lipinski definition) is 2. The van der Waals surface area contributed by atoms with Crippen LogP contribution in [0.5, 0.6) is 0 Å². The van der Waals surface area contributed by atoms with E-state index in [-0.39, 0.29) is 0 Å². The van der Waals surface area contributed by atoms with Gasteiger partial charge < -0.3 is 5.43 Å². The first-order valence-corrected chi connectivity index (χ1v) is 5.69. The number of rotatable bonds is 1. The van der Waals surface area contributed by atoms with Gasteiger partial charge in [0.25, 0.3) is 0 Å². The summed E-state index contributed by atoms with van der Waals surface area (Å²) in [6.07, 6.45) is 0. The molecular formula is C13H26N2. The van der Waals surface area contributed by atoms with Gasteiger partial charge in [-0.15, -0.1) is 0 Å². The molecule has 0 unspecified atom stereocenters. The molecule has 3 N–H and O–H groups in total. The van der Waals surface area contributed by atoms with Crippen molar-refractivity contribution in [1.82, 2.24) is 0 Å². The molecule has 0 aliphatic carbocycles. The van der Waals surface area contributed by atoms with Crippen LogP contribution in [0.3, 0.4) is 0 Å². The van der Waals surface area contributed by atoms with Crippen molar-refractivity contribution < 1.29 is 0 Å². The second-order valence-electron chi connectivity index (χ2n) is 2.88. The van der Waals surface area contributed by atoms with Gasteiger partial charge in [0.15, 0.2) is 0 Å². The van der Waals surface area contributed by atoms with Gasteiger partial charge in [-0.25, -0.2) is 0 Å². The Labute approximate surface area is 94.9 Å². The number of hydrazine groups is 1. The number of aryl methyl sites for hydroxylation is 2. The van der Waals surface area contributed by atoms with Gasteiger partial charge in [0.1, 0.15) is 0 Å². The lowest BCUT2D eigenvalue weighted by atomic mass is 10.0. The number of hydrogen-bond donors (Lipinski definition) is 2. The van der Waals surface area contributed by atoms with Crippen LogP contribution in [0.2, 0.25) is 0 Å². The summed E-state index contributed by atoms with van der Waals surface area (Å²) in [5, 5.41) is 0. The molecule has 0 atom stereocenters. The third-order valence-electron chi connectivity index (χ3n) is 2.09. The third-order valence-corrected chi connectivity index (χ3v) is 2.09. The molecule has 88 valence electrons. The normalized spacial score (nSPS) is 8.00. The van der Waals surface area contributed by atoms with E-state index in [2.05, 4.69) is 26.2 Å². The smallest absolute Gasteiger partial charge is 0.0490 e. The van der Waals surface area contributed by atoms with Crippen LogP contribution in [0.1, 0.15) is 44.4 Å². The van der Waals surface area contributed by atoms with Crippen LogP contribution in [0.4, 0.5) is 5.69 Å². The zero-order valence-electron chi connectivity index (χ0n) is 11.2. The van der Waals surface area contributed by atoms with Gasteiger partial charge in [0.05, 0.1) is 0 Å². The monoisotopic (exact) mass is 210 g/mol. The zero-order chi connectivity index (χ0) is 12.4. The van der Waals surface area contributed by atoms with E-state index in [4.69, 9.17) is 5.84 Å². The van der Waals surface area contributed by atoms with E-state index >= 15 is 0 Å². The molecule has 0 saturated carbocycles. The molecule has 1 aromatic rings. The Hall–Kier alpha value is -1.02. The number of nitrogens with one attached hydrogen (secondary N) is 1. The summed E-state index contributed by atoms with van der Waals surface area (Å²) in [6, 6.07) is 4.09. The fraction of sp³-hybridized carbons (Fsp3) is 0.538. The van der Waals surface area contributed by atoms with Crippen LogP contribution in [-0.4, -0.2) is 0 Å². The molecule has 0 heterocycles. The van der Waals surface area contributed by atoms with E-state index in [0.29, 0.717) is 0 Å². The Balaban J connectivity index is 0. The highest BCUT2D eigenvalue weighted by molar-refractivity contribution is 5.50. The van der Waals surface area contributed by atoms with Gasteiger partial charge >= 0.3 is 0 Å². The summed E-state index contributed by atoms with van der Waals surface area (Å²) < 4.78 is 0. The molecule has 15 heavy (non-hydrogen) atoms. The topological polar surface area (TPSA) is 38.0 Å². The summed E-state index contributed by atoms with van der Waals surface area (Å²) in [7, 11) is 0. The SMILES string of the molecule is CC.CC.Cc1cc(NN)cc(C)c1C. The molecule has 0 spiro atoms. The number of benzene rings is 1. The second-order valence-corrected chi connectivity index (χ2v) is 2.88. The molecule has 0 amide bonds. The summed E-state index contributed by atoms with van der Waals surface area (Å²) in [4.78, 5) is 0. The van der Waals surface area contributed by atoms with Crippen molar-refractivity contribution in [3.05, 3.63) is 28.8 Å². The van der Waals surface area contributed by atoms with E-state index in [1.807, 2.05) is 39.8 Å². The minimum absolute atomic E-state index is 0.977. The molecule has 1 aromatic carbocycles. The number of nitrogens with two attached hydrogens (primary N) is 1. The van der Waals surface area contributed by atoms with Gasteiger partial charge in [0, 0.05) is 5.69 Å². The van der Waals surface area contributed by atoms with E-state index in [1.165, 1.54) is 16.7 Å². The van der Waals surface area contributed by atoms with Crippen molar-refractivity contribution >= 4 is 5.69 Å². The third kappa shape index (κ3) is 5.43. The minimum Gasteiger partial charge on any atom is -0.324 e. The summed E-state index contributed by atoms with van der Waals surface area (Å²) in [5.74, 6) is 5.29. The van der Waals surface area contributed by atoms with Crippen LogP contribution < -0.4 is 11.3 Å². The maximum atomic E-state index is 5.29. The lowest BCUT2D eigenvalue weighted by Gasteiger charge is -2.07. The number of anilines is 1. The van der Waals surface area contributed by atoms with Crippen molar-refractivity contribution in [2.24, 2.45) is 5.84 Å². The van der Waals surface area contributed by atoms with Crippen LogP contribution in [0.15, 0.2) is 12.1 Å². The maximum Gasteiger partial charge on any atom is 0.0490 e. The Morgan fingerprint density at radius 2 is 1.20 bits per heavy atom. The van der Waals surface area contributed by atoms with E-state index in [1.54, 1.807) is 0 Å². The molecule has 0 radical (unpaired) electrons. The fourth-order valence-electron chi connectivity index (χ4n) is 1.12. The lowest BCUT2D eigenvalue weighted by Crippen LogP contribution is -2.07. The first-order chi connectivity index (χ1) is 7.15. The largest absolute Gasteiger partial charge is 0.324 e. The number of nitrogen functional groups attached to an aromatic ring is 1. The highest BCUT2D eigenvalue weighted by atomic mass is 15.2. The van der Waals surface area contributed by atoms with Gasteiger partial charge in [-0.1, -0.05) is 27.7 Å². The first kappa shape index (κ1) is 16.4. The van der Waals surface area contributed by atoms with Gasteiger partial charge in [0.2, 0.25) is 0 Å². The maximum absolute atomic E-state index is 5.29. The Morgan fingerprint density at radius 3 is 1.47 bits per heavy atom. The molecule has 0 saturated heterocycles. The predicted octanol–water partition coefficient (Wildman–Crippen LogP) is 3.95. The average Bonchev–Trinajstić information content (AvgIpc) is 2.30. The van der Waals surface area contributed by atoms with Gasteiger partial charge in [-0.2, -0.15) is 0 Å². The van der Waals surface area contributed by atoms with Crippen LogP contribution in [0.25, 0.3) is 0 Å². The Kier molecular flexibility index (Phi) is 10.4. The van der Waals surface area contributed by atoms with Crippen LogP contribution in [-0.2, 0) is 0 Å². The van der Waals surface area contributed by atoms with E-state index < -0.39 is 0 Å². The van der Waals surface area contributed by atoms with Crippen molar-refractivity contribution in [2.75, 3.05) is 5.43 Å². The molecule has 0 bridgehead atoms. The predicted molar refractivity (Wildman–Crippen MR) is 71.2 cm³/mol. The molecule has 2 nitrogen and oxygen atoms in total. The Bertz CT molecular complexity index is 244. The van der Waals surface area contributed by atoms with Crippen molar-refractivity contribution in [2.45, 2.75) is 48.5 Å². The van der Waals surface area contributed by atoms with Crippen molar-refractivity contribution in [1.29, 1.82) is 0 Å². The van der Waals surface area contributed by atoms with Crippen molar-refractivity contribution in [3.63, 3.8) is 0 Å². The fourth-order valence-corrected chi connectivity index (χ4v) is 1.12. The molecule has 0 aliphatic rings. The van der Waals surface area contributed by atoms with Gasteiger partial charge in [-0.05, 0) is 49.6 Å². The molecule has 0 aromatic heterocycles. The highest BCUT2D eigenvalue weighted by Crippen LogP contribution is 2.17. The second kappa shape index (κ2) is 9.53. The molecule has 0 aliphatic heterocycles. The Morgan fingerprint density at radius 1 is 0.867 bits per heavy atom. The standard InChI is InChI=1S/C9H14N2.2C2H6/c1-6-4-9(11-10)5-7(2)8(6)3;2*1-2/h4-5,11H,10H2,1-3H3;2*1-2H3. The molecular weight excluding hydrogens is 184 g/mol. The van der Waals surface area contributed by atoms with Crippen LogP contribution in [0, 0.1) is 20.8 Å². The highest BCUT2D eigenvalue weighted by Gasteiger charge is 1.98. The first-order valence-electron chi connectivity index (χ1n) is 5.69. The average molecular weight is 210 g/mol. The molecule has 1 rings (SSSR count). The van der Waals surface area contributed by atoms with Crippen LogP contribution >= 0.6 is 0 Å². The van der Waals surface area contributed by atoms with E-state index in [9.17, 15) is 0 Å². The van der Waals surface area contributed by atoms with E-state index in [0.717, 1.165) is 5.69 Å². The minimum atomic E-state index is 0.977. The summed E-state index contributed by atoms with van der Waals surface area (Å²) >= 11 is 0. The van der Waals surface area contributed by atoms with Gasteiger partial charge in [-0.3, -0.25) is 5.84 Å². The summed E-state index contributed by atoms with van der Waals surface area (Å²) in [6.45, 7) is 14.3.